The highest BCUT2D eigenvalue weighted by Gasteiger charge is 2.27. The largest absolute Gasteiger partial charge is 0.337 e. The molecule has 0 N–H and O–H groups in total. The standard InChI is InChI=1S/C15H19N3OS/c1-11-8-14(20-10-11)15(19)18-6-3-4-12(9-18)13-5-7-17(2)16-13/h5,7-8,10,12H,3-4,6,9H2,1-2H3. The number of nitrogens with zero attached hydrogens (tertiary/aromatic N) is 3. The molecule has 3 heterocycles. The zero-order valence-electron chi connectivity index (χ0n) is 11.9. The van der Waals surface area contributed by atoms with Gasteiger partial charge in [0.2, 0.25) is 0 Å². The second-order valence-corrected chi connectivity index (χ2v) is 6.40. The highest BCUT2D eigenvalue weighted by Crippen LogP contribution is 2.27. The molecule has 1 unspecified atom stereocenters. The van der Waals surface area contributed by atoms with E-state index in [1.54, 1.807) is 11.3 Å². The molecule has 5 heteroatoms. The smallest absolute Gasteiger partial charge is 0.263 e. The number of aryl methyl sites for hydroxylation is 2. The summed E-state index contributed by atoms with van der Waals surface area (Å²) >= 11 is 1.54. The van der Waals surface area contributed by atoms with E-state index in [9.17, 15) is 4.79 Å². The van der Waals surface area contributed by atoms with E-state index in [0.717, 1.165) is 42.1 Å². The first kappa shape index (κ1) is 13.4. The average molecular weight is 289 g/mol. The number of carbonyl (C=O) groups excluding carboxylic acids is 1. The zero-order valence-corrected chi connectivity index (χ0v) is 12.7. The lowest BCUT2D eigenvalue weighted by molar-refractivity contribution is 0.0710. The van der Waals surface area contributed by atoms with Crippen molar-refractivity contribution in [2.75, 3.05) is 13.1 Å². The molecule has 3 rings (SSSR count). The molecule has 0 saturated carbocycles. The minimum Gasteiger partial charge on any atom is -0.337 e. The number of likely N-dealkylation sites (tertiary alicyclic amines) is 1. The molecule has 0 aromatic carbocycles. The molecule has 4 nitrogen and oxygen atoms in total. The molecule has 1 saturated heterocycles. The highest BCUT2D eigenvalue weighted by molar-refractivity contribution is 7.12. The zero-order chi connectivity index (χ0) is 14.1. The molecule has 2 aromatic heterocycles. The van der Waals surface area contributed by atoms with Gasteiger partial charge in [-0.25, -0.2) is 0 Å². The van der Waals surface area contributed by atoms with Crippen LogP contribution < -0.4 is 0 Å². The molecular formula is C15H19N3OS. The molecule has 1 aliphatic rings. The summed E-state index contributed by atoms with van der Waals surface area (Å²) in [4.78, 5) is 15.3. The molecule has 1 fully saturated rings. The Labute approximate surface area is 123 Å². The Morgan fingerprint density at radius 3 is 3.00 bits per heavy atom. The fourth-order valence-corrected chi connectivity index (χ4v) is 3.62. The van der Waals surface area contributed by atoms with Crippen molar-refractivity contribution in [1.29, 1.82) is 0 Å². The van der Waals surface area contributed by atoms with E-state index in [1.165, 1.54) is 0 Å². The Kier molecular flexibility index (Phi) is 3.61. The second-order valence-electron chi connectivity index (χ2n) is 5.49. The predicted octanol–water partition coefficient (Wildman–Crippen LogP) is 2.81. The summed E-state index contributed by atoms with van der Waals surface area (Å²) in [5, 5.41) is 6.52. The van der Waals surface area contributed by atoms with Crippen LogP contribution in [0.5, 0.6) is 0 Å². The van der Waals surface area contributed by atoms with Gasteiger partial charge in [-0.3, -0.25) is 9.48 Å². The van der Waals surface area contributed by atoms with Crippen LogP contribution in [-0.4, -0.2) is 33.7 Å². The van der Waals surface area contributed by atoms with Crippen molar-refractivity contribution in [1.82, 2.24) is 14.7 Å². The number of aromatic nitrogens is 2. The third kappa shape index (κ3) is 2.63. The molecule has 0 radical (unpaired) electrons. The number of rotatable bonds is 2. The summed E-state index contributed by atoms with van der Waals surface area (Å²) in [7, 11) is 1.93. The Balaban J connectivity index is 1.73. The number of piperidine rings is 1. The van der Waals surface area contributed by atoms with E-state index in [1.807, 2.05) is 41.2 Å². The third-order valence-electron chi connectivity index (χ3n) is 3.80. The molecule has 2 aromatic rings. The van der Waals surface area contributed by atoms with Gasteiger partial charge in [-0.1, -0.05) is 0 Å². The fraction of sp³-hybridized carbons (Fsp3) is 0.467. The van der Waals surface area contributed by atoms with Gasteiger partial charge in [0, 0.05) is 32.3 Å². The van der Waals surface area contributed by atoms with Crippen molar-refractivity contribution in [2.24, 2.45) is 7.05 Å². The van der Waals surface area contributed by atoms with Crippen molar-refractivity contribution in [3.05, 3.63) is 39.8 Å². The van der Waals surface area contributed by atoms with Gasteiger partial charge in [0.15, 0.2) is 0 Å². The van der Waals surface area contributed by atoms with Crippen LogP contribution in [0.1, 0.15) is 39.7 Å². The maximum atomic E-state index is 12.5. The monoisotopic (exact) mass is 289 g/mol. The van der Waals surface area contributed by atoms with Gasteiger partial charge in [-0.2, -0.15) is 5.10 Å². The van der Waals surface area contributed by atoms with E-state index in [-0.39, 0.29) is 5.91 Å². The van der Waals surface area contributed by atoms with Crippen molar-refractivity contribution in [3.63, 3.8) is 0 Å². The van der Waals surface area contributed by atoms with E-state index < -0.39 is 0 Å². The molecule has 20 heavy (non-hydrogen) atoms. The summed E-state index contributed by atoms with van der Waals surface area (Å²) < 4.78 is 1.83. The van der Waals surface area contributed by atoms with Gasteiger partial charge in [0.05, 0.1) is 10.6 Å². The lowest BCUT2D eigenvalue weighted by Gasteiger charge is -2.31. The predicted molar refractivity (Wildman–Crippen MR) is 80.1 cm³/mol. The van der Waals surface area contributed by atoms with Gasteiger partial charge in [-0.05, 0) is 42.8 Å². The van der Waals surface area contributed by atoms with Crippen molar-refractivity contribution in [2.45, 2.75) is 25.7 Å². The molecule has 0 aliphatic carbocycles. The summed E-state index contributed by atoms with van der Waals surface area (Å²) in [5.74, 6) is 0.540. The van der Waals surface area contributed by atoms with Crippen LogP contribution in [0.15, 0.2) is 23.7 Å². The van der Waals surface area contributed by atoms with E-state index in [0.29, 0.717) is 5.92 Å². The highest BCUT2D eigenvalue weighted by atomic mass is 32.1. The van der Waals surface area contributed by atoms with Crippen molar-refractivity contribution < 1.29 is 4.79 Å². The lowest BCUT2D eigenvalue weighted by atomic mass is 9.95. The molecule has 0 spiro atoms. The van der Waals surface area contributed by atoms with E-state index >= 15 is 0 Å². The Bertz CT molecular complexity index is 616. The van der Waals surface area contributed by atoms with Gasteiger partial charge >= 0.3 is 0 Å². The number of thiophene rings is 1. The summed E-state index contributed by atoms with van der Waals surface area (Å²) in [6, 6.07) is 4.05. The Morgan fingerprint density at radius 2 is 2.35 bits per heavy atom. The fourth-order valence-electron chi connectivity index (χ4n) is 2.75. The van der Waals surface area contributed by atoms with Crippen LogP contribution in [0.4, 0.5) is 0 Å². The summed E-state index contributed by atoms with van der Waals surface area (Å²) in [5.41, 5.74) is 2.27. The summed E-state index contributed by atoms with van der Waals surface area (Å²) in [6.45, 7) is 3.67. The van der Waals surface area contributed by atoms with Crippen LogP contribution in [0.2, 0.25) is 0 Å². The SMILES string of the molecule is Cc1csc(C(=O)N2CCCC(c3ccn(C)n3)C2)c1. The average Bonchev–Trinajstić information content (AvgIpc) is 3.07. The van der Waals surface area contributed by atoms with Crippen LogP contribution in [0.3, 0.4) is 0 Å². The first-order chi connectivity index (χ1) is 9.63. The van der Waals surface area contributed by atoms with Crippen LogP contribution in [-0.2, 0) is 7.05 Å². The van der Waals surface area contributed by atoms with Crippen molar-refractivity contribution >= 4 is 17.2 Å². The first-order valence-corrected chi connectivity index (χ1v) is 7.85. The van der Waals surface area contributed by atoms with Crippen LogP contribution in [0.25, 0.3) is 0 Å². The van der Waals surface area contributed by atoms with Crippen molar-refractivity contribution in [3.8, 4) is 0 Å². The maximum absolute atomic E-state index is 12.5. The van der Waals surface area contributed by atoms with Gasteiger partial charge in [0.25, 0.3) is 5.91 Å². The minimum absolute atomic E-state index is 0.170. The first-order valence-electron chi connectivity index (χ1n) is 6.97. The Morgan fingerprint density at radius 1 is 1.50 bits per heavy atom. The normalized spacial score (nSPS) is 19.3. The number of carbonyl (C=O) groups is 1. The Hall–Kier alpha value is -1.62. The third-order valence-corrected chi connectivity index (χ3v) is 4.84. The molecule has 0 bridgehead atoms. The molecule has 106 valence electrons. The molecule has 1 atom stereocenters. The lowest BCUT2D eigenvalue weighted by Crippen LogP contribution is -2.38. The minimum atomic E-state index is 0.170. The maximum Gasteiger partial charge on any atom is 0.263 e. The van der Waals surface area contributed by atoms with Gasteiger partial charge in [0.1, 0.15) is 0 Å². The van der Waals surface area contributed by atoms with E-state index in [2.05, 4.69) is 11.2 Å². The second kappa shape index (κ2) is 5.40. The quantitative estimate of drug-likeness (QED) is 0.852. The van der Waals surface area contributed by atoms with E-state index in [4.69, 9.17) is 0 Å². The van der Waals surface area contributed by atoms with Gasteiger partial charge in [-0.15, -0.1) is 11.3 Å². The van der Waals surface area contributed by atoms with Gasteiger partial charge < -0.3 is 4.90 Å². The molecule has 1 amide bonds. The number of amides is 1. The van der Waals surface area contributed by atoms with Crippen LogP contribution >= 0.6 is 11.3 Å². The topological polar surface area (TPSA) is 38.1 Å². The van der Waals surface area contributed by atoms with Crippen LogP contribution in [0, 0.1) is 6.92 Å². The number of hydrogen-bond acceptors (Lipinski definition) is 3. The molecular weight excluding hydrogens is 270 g/mol. The molecule has 1 aliphatic heterocycles. The summed E-state index contributed by atoms with van der Waals surface area (Å²) in [6.07, 6.45) is 4.14. The number of hydrogen-bond donors (Lipinski definition) is 0.